The molecule has 19 heavy (non-hydrogen) atoms. The Labute approximate surface area is 121 Å². The first-order valence-electron chi connectivity index (χ1n) is 6.52. The van der Waals surface area contributed by atoms with E-state index < -0.39 is 5.82 Å². The summed E-state index contributed by atoms with van der Waals surface area (Å²) < 4.78 is 14.1. The van der Waals surface area contributed by atoms with E-state index in [-0.39, 0.29) is 11.5 Å². The van der Waals surface area contributed by atoms with Crippen molar-refractivity contribution >= 4 is 21.8 Å². The number of likely N-dealkylation sites (N-methyl/N-ethyl adjacent to an activating group) is 1. The predicted octanol–water partition coefficient (Wildman–Crippen LogP) is 2.80. The molecule has 1 aliphatic heterocycles. The quantitative estimate of drug-likeness (QED) is 0.925. The van der Waals surface area contributed by atoms with Gasteiger partial charge in [0.1, 0.15) is 5.82 Å². The first-order valence-corrected chi connectivity index (χ1v) is 7.31. The highest BCUT2D eigenvalue weighted by Crippen LogP contribution is 2.19. The Bertz CT molecular complexity index is 467. The Morgan fingerprint density at radius 1 is 1.53 bits per heavy atom. The lowest BCUT2D eigenvalue weighted by atomic mass is 10.0. The number of halogens is 2. The van der Waals surface area contributed by atoms with E-state index >= 15 is 0 Å². The molecular weight excluding hydrogens is 311 g/mol. The van der Waals surface area contributed by atoms with Crippen molar-refractivity contribution in [3.05, 3.63) is 34.1 Å². The van der Waals surface area contributed by atoms with Crippen LogP contribution in [0.3, 0.4) is 0 Å². The van der Waals surface area contributed by atoms with E-state index in [4.69, 9.17) is 0 Å². The number of hydrogen-bond donors (Lipinski definition) is 1. The van der Waals surface area contributed by atoms with Crippen LogP contribution < -0.4 is 5.32 Å². The van der Waals surface area contributed by atoms with Crippen LogP contribution in [0.25, 0.3) is 0 Å². The van der Waals surface area contributed by atoms with Crippen molar-refractivity contribution in [3.63, 3.8) is 0 Å². The molecule has 1 fully saturated rings. The number of nitrogens with one attached hydrogen (secondary N) is 1. The van der Waals surface area contributed by atoms with E-state index in [1.165, 1.54) is 18.9 Å². The normalized spacial score (nSPS) is 20.3. The van der Waals surface area contributed by atoms with Gasteiger partial charge in [0, 0.05) is 12.6 Å². The van der Waals surface area contributed by atoms with Crippen molar-refractivity contribution in [1.82, 2.24) is 10.2 Å². The zero-order valence-electron chi connectivity index (χ0n) is 11.0. The smallest absolute Gasteiger partial charge is 0.254 e. The summed E-state index contributed by atoms with van der Waals surface area (Å²) in [5.41, 5.74) is 0.0906. The van der Waals surface area contributed by atoms with E-state index in [9.17, 15) is 9.18 Å². The fourth-order valence-electron chi connectivity index (χ4n) is 2.39. The molecule has 0 spiro atoms. The Morgan fingerprint density at radius 2 is 2.32 bits per heavy atom. The van der Waals surface area contributed by atoms with Crippen LogP contribution in [-0.4, -0.2) is 37.0 Å². The Kier molecular flexibility index (Phi) is 4.93. The van der Waals surface area contributed by atoms with Gasteiger partial charge in [0.2, 0.25) is 0 Å². The lowest BCUT2D eigenvalue weighted by Gasteiger charge is -2.32. The number of hydrogen-bond acceptors (Lipinski definition) is 2. The van der Waals surface area contributed by atoms with Crippen LogP contribution in [0.1, 0.15) is 29.6 Å². The van der Waals surface area contributed by atoms with Gasteiger partial charge in [-0.2, -0.15) is 0 Å². The standard InChI is InChI=1S/C14H18BrFN2O/c1-18-8-3-2-5-10(18)9-17-14(19)11-6-4-7-12(15)13(11)16/h4,6-7,10H,2-3,5,8-9H2,1H3,(H,17,19). The molecule has 1 N–H and O–H groups in total. The maximum atomic E-state index is 13.8. The average Bonchev–Trinajstić information content (AvgIpc) is 2.40. The molecule has 1 aliphatic rings. The minimum Gasteiger partial charge on any atom is -0.350 e. The van der Waals surface area contributed by atoms with Crippen LogP contribution in [0.2, 0.25) is 0 Å². The molecular formula is C14H18BrFN2O. The number of carbonyl (C=O) groups is 1. The first kappa shape index (κ1) is 14.5. The van der Waals surface area contributed by atoms with Crippen LogP contribution in [0, 0.1) is 5.82 Å². The number of nitrogens with zero attached hydrogens (tertiary/aromatic N) is 1. The van der Waals surface area contributed by atoms with Gasteiger partial charge in [-0.05, 0) is 54.5 Å². The summed E-state index contributed by atoms with van der Waals surface area (Å²) in [5, 5.41) is 2.83. The van der Waals surface area contributed by atoms with Gasteiger partial charge in [0.25, 0.3) is 5.91 Å². The second kappa shape index (κ2) is 6.48. The van der Waals surface area contributed by atoms with Crippen LogP contribution in [0.5, 0.6) is 0 Å². The molecule has 0 radical (unpaired) electrons. The second-order valence-corrected chi connectivity index (χ2v) is 5.80. The Morgan fingerprint density at radius 3 is 3.05 bits per heavy atom. The molecule has 3 nitrogen and oxygen atoms in total. The number of likely N-dealkylation sites (tertiary alicyclic amines) is 1. The molecule has 104 valence electrons. The van der Waals surface area contributed by atoms with Crippen molar-refractivity contribution in [2.24, 2.45) is 0 Å². The lowest BCUT2D eigenvalue weighted by molar-refractivity contribution is 0.0924. The molecule has 0 aliphatic carbocycles. The molecule has 2 rings (SSSR count). The molecule has 1 atom stereocenters. The minimum atomic E-state index is -0.503. The zero-order valence-corrected chi connectivity index (χ0v) is 12.5. The van der Waals surface area contributed by atoms with Crippen molar-refractivity contribution < 1.29 is 9.18 Å². The fourth-order valence-corrected chi connectivity index (χ4v) is 2.75. The first-order chi connectivity index (χ1) is 9.09. The zero-order chi connectivity index (χ0) is 13.8. The molecule has 0 aromatic heterocycles. The SMILES string of the molecule is CN1CCCCC1CNC(=O)c1cccc(Br)c1F. The number of piperidine rings is 1. The molecule has 0 bridgehead atoms. The summed E-state index contributed by atoms with van der Waals surface area (Å²) in [6.45, 7) is 1.63. The van der Waals surface area contributed by atoms with Crippen molar-refractivity contribution in [2.75, 3.05) is 20.1 Å². The van der Waals surface area contributed by atoms with Gasteiger partial charge in [0.15, 0.2) is 0 Å². The van der Waals surface area contributed by atoms with Crippen LogP contribution >= 0.6 is 15.9 Å². The fraction of sp³-hybridized carbons (Fsp3) is 0.500. The monoisotopic (exact) mass is 328 g/mol. The molecule has 1 aromatic carbocycles. The van der Waals surface area contributed by atoms with Gasteiger partial charge >= 0.3 is 0 Å². The summed E-state index contributed by atoms with van der Waals surface area (Å²) in [6.07, 6.45) is 3.48. The van der Waals surface area contributed by atoms with Crippen molar-refractivity contribution in [2.45, 2.75) is 25.3 Å². The van der Waals surface area contributed by atoms with E-state index in [2.05, 4.69) is 33.2 Å². The summed E-state index contributed by atoms with van der Waals surface area (Å²) >= 11 is 3.09. The van der Waals surface area contributed by atoms with Gasteiger partial charge in [-0.25, -0.2) is 4.39 Å². The highest BCUT2D eigenvalue weighted by atomic mass is 79.9. The predicted molar refractivity (Wildman–Crippen MR) is 76.7 cm³/mol. The summed E-state index contributed by atoms with van der Waals surface area (Å²) in [6, 6.07) is 5.10. The minimum absolute atomic E-state index is 0.0906. The number of amides is 1. The highest BCUT2D eigenvalue weighted by Gasteiger charge is 2.20. The topological polar surface area (TPSA) is 32.3 Å². The molecule has 1 aromatic rings. The third-order valence-corrected chi connectivity index (χ3v) is 4.23. The maximum absolute atomic E-state index is 13.8. The molecule has 0 saturated carbocycles. The number of carbonyl (C=O) groups excluding carboxylic acids is 1. The highest BCUT2D eigenvalue weighted by molar-refractivity contribution is 9.10. The Hall–Kier alpha value is -0.940. The van der Waals surface area contributed by atoms with Gasteiger partial charge in [-0.15, -0.1) is 0 Å². The third kappa shape index (κ3) is 3.54. The van der Waals surface area contributed by atoms with Gasteiger partial charge < -0.3 is 10.2 Å². The van der Waals surface area contributed by atoms with E-state index in [0.29, 0.717) is 17.1 Å². The lowest BCUT2D eigenvalue weighted by Crippen LogP contribution is -2.44. The van der Waals surface area contributed by atoms with Crippen molar-refractivity contribution in [3.8, 4) is 0 Å². The van der Waals surface area contributed by atoms with Gasteiger partial charge in [-0.1, -0.05) is 12.5 Å². The molecule has 5 heteroatoms. The van der Waals surface area contributed by atoms with E-state index in [1.807, 2.05) is 0 Å². The molecule has 1 amide bonds. The van der Waals surface area contributed by atoms with Gasteiger partial charge in [-0.3, -0.25) is 4.79 Å². The maximum Gasteiger partial charge on any atom is 0.254 e. The molecule has 1 saturated heterocycles. The van der Waals surface area contributed by atoms with Crippen LogP contribution in [-0.2, 0) is 0 Å². The second-order valence-electron chi connectivity index (χ2n) is 4.94. The summed E-state index contributed by atoms with van der Waals surface area (Å²) in [5.74, 6) is -0.852. The average molecular weight is 329 g/mol. The Balaban J connectivity index is 1.95. The van der Waals surface area contributed by atoms with E-state index in [1.54, 1.807) is 12.1 Å². The van der Waals surface area contributed by atoms with Crippen LogP contribution in [0.4, 0.5) is 4.39 Å². The summed E-state index contributed by atoms with van der Waals surface area (Å²) in [4.78, 5) is 14.2. The largest absolute Gasteiger partial charge is 0.350 e. The molecule has 1 heterocycles. The van der Waals surface area contributed by atoms with Crippen molar-refractivity contribution in [1.29, 1.82) is 0 Å². The summed E-state index contributed by atoms with van der Waals surface area (Å²) in [7, 11) is 2.07. The van der Waals surface area contributed by atoms with Crippen LogP contribution in [0.15, 0.2) is 22.7 Å². The number of rotatable bonds is 3. The van der Waals surface area contributed by atoms with Gasteiger partial charge in [0.05, 0.1) is 10.0 Å². The number of benzene rings is 1. The third-order valence-electron chi connectivity index (χ3n) is 3.62. The van der Waals surface area contributed by atoms with E-state index in [0.717, 1.165) is 13.0 Å². The molecule has 1 unspecified atom stereocenters.